The molecule has 0 amide bonds. The van der Waals surface area contributed by atoms with Crippen molar-refractivity contribution in [3.05, 3.63) is 23.5 Å². The minimum Gasteiger partial charge on any atom is -0.493 e. The Hall–Kier alpha value is -2.70. The normalized spacial score (nSPS) is 10.4. The minimum atomic E-state index is -0.925. The summed E-state index contributed by atoms with van der Waals surface area (Å²) >= 11 is 0. The van der Waals surface area contributed by atoms with Crippen LogP contribution >= 0.6 is 0 Å². The molecule has 2 rings (SSSR count). The van der Waals surface area contributed by atoms with Gasteiger partial charge in [-0.15, -0.1) is 0 Å². The summed E-state index contributed by atoms with van der Waals surface area (Å²) < 4.78 is 15.9. The highest BCUT2D eigenvalue weighted by Crippen LogP contribution is 2.40. The van der Waals surface area contributed by atoms with Crippen molar-refractivity contribution in [1.29, 1.82) is 0 Å². The Bertz CT molecular complexity index is 668. The number of aromatic amines is 1. The average Bonchev–Trinajstić information content (AvgIpc) is 2.86. The van der Waals surface area contributed by atoms with Crippen molar-refractivity contribution in [2.45, 2.75) is 13.3 Å². The molecule has 0 aliphatic rings. The molecule has 0 spiro atoms. The molecule has 7 nitrogen and oxygen atoms in total. The molecule has 2 aromatic rings. The number of carboxylic acid groups (broad SMARTS) is 1. The number of imidazole rings is 1. The van der Waals surface area contributed by atoms with Crippen LogP contribution < -0.4 is 14.2 Å². The Morgan fingerprint density at radius 3 is 2.23 bits per heavy atom. The lowest BCUT2D eigenvalue weighted by atomic mass is 10.1. The predicted octanol–water partition coefficient (Wildman–Crippen LogP) is 2.04. The van der Waals surface area contributed by atoms with Gasteiger partial charge in [-0.2, -0.15) is 0 Å². The molecule has 1 aromatic heterocycles. The number of aliphatic carboxylic acids is 1. The van der Waals surface area contributed by atoms with Gasteiger partial charge >= 0.3 is 5.97 Å². The summed E-state index contributed by atoms with van der Waals surface area (Å²) in [6, 6.07) is 3.51. The Balaban J connectivity index is 2.51. The van der Waals surface area contributed by atoms with E-state index in [4.69, 9.17) is 19.3 Å². The molecule has 118 valence electrons. The van der Waals surface area contributed by atoms with Crippen LogP contribution in [-0.4, -0.2) is 42.4 Å². The maximum absolute atomic E-state index is 10.8. The van der Waals surface area contributed by atoms with Crippen LogP contribution in [0.4, 0.5) is 0 Å². The van der Waals surface area contributed by atoms with Crippen molar-refractivity contribution in [2.24, 2.45) is 0 Å². The molecule has 0 aliphatic heterocycles. The summed E-state index contributed by atoms with van der Waals surface area (Å²) in [5.74, 6) is 1.12. The van der Waals surface area contributed by atoms with Crippen LogP contribution in [0.3, 0.4) is 0 Å². The molecular weight excluding hydrogens is 288 g/mol. The third-order valence-corrected chi connectivity index (χ3v) is 3.24. The monoisotopic (exact) mass is 306 g/mol. The van der Waals surface area contributed by atoms with Crippen molar-refractivity contribution < 1.29 is 24.1 Å². The SMILES string of the molecule is COc1cc(-c2nc(CC(=O)O)c(C)[nH]2)cc(OC)c1OC. The standard InChI is InChI=1S/C15H18N2O5/c1-8-10(7-13(18)19)17-15(16-8)9-5-11(20-2)14(22-4)12(6-9)21-3/h5-6H,7H2,1-4H3,(H,16,17)(H,18,19). The van der Waals surface area contributed by atoms with Gasteiger partial charge in [0.2, 0.25) is 5.75 Å². The zero-order valence-electron chi connectivity index (χ0n) is 12.9. The first kappa shape index (κ1) is 15.7. The number of carbonyl (C=O) groups is 1. The number of ether oxygens (including phenoxy) is 3. The number of hydrogen-bond acceptors (Lipinski definition) is 5. The summed E-state index contributed by atoms with van der Waals surface area (Å²) in [6.07, 6.45) is -0.132. The predicted molar refractivity (Wildman–Crippen MR) is 79.8 cm³/mol. The molecule has 1 aromatic carbocycles. The van der Waals surface area contributed by atoms with Crippen molar-refractivity contribution in [2.75, 3.05) is 21.3 Å². The number of rotatable bonds is 6. The molecule has 2 N–H and O–H groups in total. The lowest BCUT2D eigenvalue weighted by Crippen LogP contribution is -2.01. The smallest absolute Gasteiger partial charge is 0.309 e. The summed E-state index contributed by atoms with van der Waals surface area (Å²) in [5.41, 5.74) is 1.93. The van der Waals surface area contributed by atoms with E-state index < -0.39 is 5.97 Å². The number of H-pyrrole nitrogens is 1. The quantitative estimate of drug-likeness (QED) is 0.848. The molecule has 0 radical (unpaired) electrons. The van der Waals surface area contributed by atoms with Crippen LogP contribution in [0.2, 0.25) is 0 Å². The second-order valence-corrected chi connectivity index (χ2v) is 4.64. The second-order valence-electron chi connectivity index (χ2n) is 4.64. The summed E-state index contributed by atoms with van der Waals surface area (Å²) in [6.45, 7) is 1.78. The van der Waals surface area contributed by atoms with Gasteiger partial charge < -0.3 is 24.3 Å². The number of aromatic nitrogens is 2. The van der Waals surface area contributed by atoms with Gasteiger partial charge in [0.1, 0.15) is 5.82 Å². The summed E-state index contributed by atoms with van der Waals surface area (Å²) in [5, 5.41) is 8.89. The van der Waals surface area contributed by atoms with Crippen LogP contribution in [-0.2, 0) is 11.2 Å². The van der Waals surface area contributed by atoms with Crippen molar-refractivity contribution >= 4 is 5.97 Å². The van der Waals surface area contributed by atoms with Crippen molar-refractivity contribution in [1.82, 2.24) is 9.97 Å². The van der Waals surface area contributed by atoms with Gasteiger partial charge in [-0.05, 0) is 19.1 Å². The largest absolute Gasteiger partial charge is 0.493 e. The topological polar surface area (TPSA) is 93.7 Å². The van der Waals surface area contributed by atoms with Crippen LogP contribution in [0, 0.1) is 6.92 Å². The Morgan fingerprint density at radius 2 is 1.77 bits per heavy atom. The Kier molecular flexibility index (Phi) is 4.55. The van der Waals surface area contributed by atoms with Crippen LogP contribution in [0.15, 0.2) is 12.1 Å². The first-order valence-electron chi connectivity index (χ1n) is 6.57. The van der Waals surface area contributed by atoms with Crippen molar-refractivity contribution in [3.63, 3.8) is 0 Å². The van der Waals surface area contributed by atoms with Gasteiger partial charge in [0.25, 0.3) is 0 Å². The zero-order chi connectivity index (χ0) is 16.3. The van der Waals surface area contributed by atoms with E-state index in [1.807, 2.05) is 0 Å². The van der Waals surface area contributed by atoms with E-state index in [0.29, 0.717) is 40.0 Å². The number of nitrogens with one attached hydrogen (secondary N) is 1. The number of benzene rings is 1. The molecule has 0 unspecified atom stereocenters. The van der Waals surface area contributed by atoms with E-state index in [2.05, 4.69) is 9.97 Å². The molecule has 1 heterocycles. The number of methoxy groups -OCH3 is 3. The maximum atomic E-state index is 10.8. The maximum Gasteiger partial charge on any atom is 0.309 e. The molecule has 0 saturated heterocycles. The fraction of sp³-hybridized carbons (Fsp3) is 0.333. The molecule has 0 atom stereocenters. The highest BCUT2D eigenvalue weighted by atomic mass is 16.5. The number of carboxylic acids is 1. The molecule has 0 saturated carbocycles. The molecule has 22 heavy (non-hydrogen) atoms. The van der Waals surface area contributed by atoms with E-state index in [1.54, 1.807) is 19.1 Å². The fourth-order valence-electron chi connectivity index (χ4n) is 2.17. The van der Waals surface area contributed by atoms with E-state index in [-0.39, 0.29) is 6.42 Å². The first-order chi connectivity index (χ1) is 10.5. The van der Waals surface area contributed by atoms with Crippen LogP contribution in [0.5, 0.6) is 17.2 Å². The number of aryl methyl sites for hydroxylation is 1. The molecule has 0 fully saturated rings. The lowest BCUT2D eigenvalue weighted by Gasteiger charge is -2.13. The average molecular weight is 306 g/mol. The van der Waals surface area contributed by atoms with E-state index >= 15 is 0 Å². The fourth-order valence-corrected chi connectivity index (χ4v) is 2.17. The van der Waals surface area contributed by atoms with Gasteiger partial charge in [-0.3, -0.25) is 4.79 Å². The third-order valence-electron chi connectivity index (χ3n) is 3.24. The van der Waals surface area contributed by atoms with E-state index in [0.717, 1.165) is 0 Å². The van der Waals surface area contributed by atoms with Gasteiger partial charge in [-0.1, -0.05) is 0 Å². The molecule has 0 bridgehead atoms. The van der Waals surface area contributed by atoms with Crippen LogP contribution in [0.25, 0.3) is 11.4 Å². The summed E-state index contributed by atoms with van der Waals surface area (Å²) in [4.78, 5) is 18.3. The number of hydrogen-bond donors (Lipinski definition) is 2. The molecule has 0 aliphatic carbocycles. The molecule has 7 heteroatoms. The first-order valence-corrected chi connectivity index (χ1v) is 6.57. The second kappa shape index (κ2) is 6.38. The Morgan fingerprint density at radius 1 is 1.18 bits per heavy atom. The van der Waals surface area contributed by atoms with Gasteiger partial charge in [0, 0.05) is 11.3 Å². The van der Waals surface area contributed by atoms with Gasteiger partial charge in [-0.25, -0.2) is 4.98 Å². The third kappa shape index (κ3) is 2.98. The van der Waals surface area contributed by atoms with Gasteiger partial charge in [0.15, 0.2) is 11.5 Å². The lowest BCUT2D eigenvalue weighted by molar-refractivity contribution is -0.136. The van der Waals surface area contributed by atoms with Crippen molar-refractivity contribution in [3.8, 4) is 28.6 Å². The van der Waals surface area contributed by atoms with E-state index in [9.17, 15) is 4.79 Å². The highest BCUT2D eigenvalue weighted by Gasteiger charge is 2.17. The Labute approximate surface area is 127 Å². The van der Waals surface area contributed by atoms with E-state index in [1.165, 1.54) is 21.3 Å². The zero-order valence-corrected chi connectivity index (χ0v) is 12.9. The summed E-state index contributed by atoms with van der Waals surface area (Å²) in [7, 11) is 4.59. The van der Waals surface area contributed by atoms with Gasteiger partial charge in [0.05, 0.1) is 33.4 Å². The van der Waals surface area contributed by atoms with Crippen LogP contribution in [0.1, 0.15) is 11.4 Å². The highest BCUT2D eigenvalue weighted by molar-refractivity contribution is 5.71. The molecular formula is C15H18N2O5. The number of nitrogens with zero attached hydrogens (tertiary/aromatic N) is 1. The minimum absolute atomic E-state index is 0.132.